The van der Waals surface area contributed by atoms with Crippen molar-refractivity contribution >= 4 is 39.2 Å². The molecule has 1 aromatic carbocycles. The van der Waals surface area contributed by atoms with E-state index in [0.717, 1.165) is 4.47 Å². The minimum atomic E-state index is -0.358. The summed E-state index contributed by atoms with van der Waals surface area (Å²) in [6, 6.07) is 5.19. The molecule has 0 atom stereocenters. The number of carbonyl (C=O) groups excluding carboxylic acids is 3. The molecule has 0 unspecified atom stereocenters. The van der Waals surface area contributed by atoms with Crippen molar-refractivity contribution in [2.75, 3.05) is 18.0 Å². The quantitative estimate of drug-likeness (QED) is 0.656. The van der Waals surface area contributed by atoms with E-state index in [0.29, 0.717) is 11.3 Å². The van der Waals surface area contributed by atoms with Crippen LogP contribution < -0.4 is 10.2 Å². The van der Waals surface area contributed by atoms with E-state index in [4.69, 9.17) is 0 Å². The van der Waals surface area contributed by atoms with Crippen LogP contribution >= 0.6 is 15.9 Å². The Hall–Kier alpha value is -1.69. The zero-order chi connectivity index (χ0) is 13.3. The van der Waals surface area contributed by atoms with E-state index in [1.807, 2.05) is 0 Å². The van der Waals surface area contributed by atoms with Crippen LogP contribution in [0.4, 0.5) is 5.69 Å². The zero-order valence-electron chi connectivity index (χ0n) is 9.70. The monoisotopic (exact) mass is 310 g/mol. The van der Waals surface area contributed by atoms with E-state index in [1.54, 1.807) is 23.1 Å². The van der Waals surface area contributed by atoms with Gasteiger partial charge in [0, 0.05) is 15.7 Å². The Bertz CT molecular complexity index is 526. The largest absolute Gasteiger partial charge is 0.352 e. The fourth-order valence-corrected chi connectivity index (χ4v) is 2.23. The molecule has 1 aromatic rings. The first-order chi connectivity index (χ1) is 8.47. The van der Waals surface area contributed by atoms with E-state index < -0.39 is 0 Å². The van der Waals surface area contributed by atoms with Crippen molar-refractivity contribution < 1.29 is 14.4 Å². The van der Waals surface area contributed by atoms with Crippen LogP contribution in [0.25, 0.3) is 0 Å². The number of rotatable bonds is 2. The van der Waals surface area contributed by atoms with Gasteiger partial charge in [-0.25, -0.2) is 0 Å². The number of piperazine rings is 1. The molecule has 0 radical (unpaired) electrons. The number of nitrogens with one attached hydrogen (secondary N) is 1. The van der Waals surface area contributed by atoms with Crippen molar-refractivity contribution in [3.8, 4) is 0 Å². The zero-order valence-corrected chi connectivity index (χ0v) is 11.3. The van der Waals surface area contributed by atoms with Gasteiger partial charge >= 0.3 is 0 Å². The highest BCUT2D eigenvalue weighted by Crippen LogP contribution is 2.25. The number of ketones is 1. The van der Waals surface area contributed by atoms with Gasteiger partial charge in [0.2, 0.25) is 11.8 Å². The standard InChI is InChI=1S/C12H11BrN2O3/c1-7(16)9-4-8(13)2-3-10(9)15-5-11(17)14-12(18)6-15/h2-4H,5-6H2,1H3,(H,14,17,18). The molecular weight excluding hydrogens is 300 g/mol. The maximum absolute atomic E-state index is 11.6. The third-order valence-electron chi connectivity index (χ3n) is 2.63. The summed E-state index contributed by atoms with van der Waals surface area (Å²) in [5, 5.41) is 2.23. The minimum Gasteiger partial charge on any atom is -0.352 e. The van der Waals surface area contributed by atoms with Crippen molar-refractivity contribution in [2.45, 2.75) is 6.92 Å². The number of imide groups is 1. The summed E-state index contributed by atoms with van der Waals surface area (Å²) in [7, 11) is 0. The van der Waals surface area contributed by atoms with Crippen molar-refractivity contribution in [2.24, 2.45) is 0 Å². The first-order valence-corrected chi connectivity index (χ1v) is 6.15. The van der Waals surface area contributed by atoms with Gasteiger partial charge in [-0.2, -0.15) is 0 Å². The maximum atomic E-state index is 11.6. The number of anilines is 1. The van der Waals surface area contributed by atoms with Gasteiger partial charge in [-0.15, -0.1) is 0 Å². The van der Waals surface area contributed by atoms with Crippen molar-refractivity contribution in [3.05, 3.63) is 28.2 Å². The Morgan fingerprint density at radius 2 is 1.89 bits per heavy atom. The topological polar surface area (TPSA) is 66.5 Å². The number of benzene rings is 1. The number of halogens is 1. The lowest BCUT2D eigenvalue weighted by Crippen LogP contribution is -2.51. The number of nitrogens with zero attached hydrogens (tertiary/aromatic N) is 1. The van der Waals surface area contributed by atoms with Crippen molar-refractivity contribution in [3.63, 3.8) is 0 Å². The molecule has 6 heteroatoms. The molecule has 0 bridgehead atoms. The summed E-state index contributed by atoms with van der Waals surface area (Å²) < 4.78 is 0.782. The fourth-order valence-electron chi connectivity index (χ4n) is 1.87. The van der Waals surface area contributed by atoms with Gasteiger partial charge in [-0.3, -0.25) is 19.7 Å². The van der Waals surface area contributed by atoms with Crippen LogP contribution in [0.2, 0.25) is 0 Å². The molecule has 1 heterocycles. The number of hydrogen-bond donors (Lipinski definition) is 1. The number of amides is 2. The fraction of sp³-hybridized carbons (Fsp3) is 0.250. The van der Waals surface area contributed by atoms with Crippen LogP contribution in [0, 0.1) is 0 Å². The van der Waals surface area contributed by atoms with Gasteiger partial charge < -0.3 is 4.90 Å². The summed E-state index contributed by atoms with van der Waals surface area (Å²) >= 11 is 3.30. The maximum Gasteiger partial charge on any atom is 0.246 e. The molecular formula is C12H11BrN2O3. The third kappa shape index (κ3) is 2.59. The van der Waals surface area contributed by atoms with Gasteiger partial charge in [-0.05, 0) is 25.1 Å². The van der Waals surface area contributed by atoms with Gasteiger partial charge in [0.25, 0.3) is 0 Å². The molecule has 0 aromatic heterocycles. The Kier molecular flexibility index (Phi) is 3.47. The number of hydrogen-bond acceptors (Lipinski definition) is 4. The van der Waals surface area contributed by atoms with Gasteiger partial charge in [0.15, 0.2) is 5.78 Å². The van der Waals surface area contributed by atoms with Crippen LogP contribution in [0.3, 0.4) is 0 Å². The normalized spacial score (nSPS) is 15.6. The lowest BCUT2D eigenvalue weighted by molar-refractivity contribution is -0.130. The van der Waals surface area contributed by atoms with E-state index >= 15 is 0 Å². The summed E-state index contributed by atoms with van der Waals surface area (Å²) in [6.07, 6.45) is 0. The highest BCUT2D eigenvalue weighted by molar-refractivity contribution is 9.10. The molecule has 1 N–H and O–H groups in total. The van der Waals surface area contributed by atoms with Gasteiger partial charge in [-0.1, -0.05) is 15.9 Å². The molecule has 1 saturated heterocycles. The summed E-state index contributed by atoms with van der Waals surface area (Å²) in [6.45, 7) is 1.61. The Balaban J connectivity index is 2.41. The number of carbonyl (C=O) groups is 3. The van der Waals surface area contributed by atoms with Crippen LogP contribution in [0.15, 0.2) is 22.7 Å². The van der Waals surface area contributed by atoms with E-state index in [2.05, 4.69) is 21.2 Å². The molecule has 1 fully saturated rings. The first kappa shape index (κ1) is 12.8. The minimum absolute atomic E-state index is 0.0770. The first-order valence-electron chi connectivity index (χ1n) is 5.35. The predicted molar refractivity (Wildman–Crippen MR) is 69.5 cm³/mol. The van der Waals surface area contributed by atoms with Crippen molar-refractivity contribution in [1.29, 1.82) is 0 Å². The average Bonchev–Trinajstić information content (AvgIpc) is 2.27. The third-order valence-corrected chi connectivity index (χ3v) is 3.12. The van der Waals surface area contributed by atoms with E-state index in [-0.39, 0.29) is 30.7 Å². The molecule has 1 aliphatic rings. The second-order valence-corrected chi connectivity index (χ2v) is 4.96. The van der Waals surface area contributed by atoms with Gasteiger partial charge in [0.1, 0.15) is 0 Å². The molecule has 2 rings (SSSR count). The smallest absolute Gasteiger partial charge is 0.246 e. The highest BCUT2D eigenvalue weighted by atomic mass is 79.9. The number of Topliss-reactive ketones (excluding diaryl/α,β-unsaturated/α-hetero) is 1. The average molecular weight is 311 g/mol. The summed E-state index contributed by atoms with van der Waals surface area (Å²) in [5.41, 5.74) is 1.10. The van der Waals surface area contributed by atoms with Crippen LogP contribution in [0.1, 0.15) is 17.3 Å². The van der Waals surface area contributed by atoms with E-state index in [9.17, 15) is 14.4 Å². The van der Waals surface area contributed by atoms with E-state index in [1.165, 1.54) is 6.92 Å². The molecule has 0 saturated carbocycles. The molecule has 5 nitrogen and oxygen atoms in total. The summed E-state index contributed by atoms with van der Waals surface area (Å²) in [5.74, 6) is -0.822. The van der Waals surface area contributed by atoms with Crippen molar-refractivity contribution in [1.82, 2.24) is 5.32 Å². The summed E-state index contributed by atoms with van der Waals surface area (Å²) in [4.78, 5) is 35.9. The molecule has 0 spiro atoms. The molecule has 0 aliphatic carbocycles. The second kappa shape index (κ2) is 4.89. The predicted octanol–water partition coefficient (Wildman–Crippen LogP) is 1.11. The Morgan fingerprint density at radius 1 is 1.28 bits per heavy atom. The molecule has 2 amide bonds. The van der Waals surface area contributed by atoms with Crippen LogP contribution in [0.5, 0.6) is 0 Å². The highest BCUT2D eigenvalue weighted by Gasteiger charge is 2.25. The lowest BCUT2D eigenvalue weighted by atomic mass is 10.1. The second-order valence-electron chi connectivity index (χ2n) is 4.05. The van der Waals surface area contributed by atoms with Crippen LogP contribution in [-0.2, 0) is 9.59 Å². The molecule has 94 valence electrons. The molecule has 18 heavy (non-hydrogen) atoms. The lowest BCUT2D eigenvalue weighted by Gasteiger charge is -2.28. The molecule has 1 aliphatic heterocycles. The Labute approximate surface area is 112 Å². The SMILES string of the molecule is CC(=O)c1cc(Br)ccc1N1CC(=O)NC(=O)C1. The van der Waals surface area contributed by atoms with Gasteiger partial charge in [0.05, 0.1) is 13.1 Å². The Morgan fingerprint density at radius 3 is 2.44 bits per heavy atom. The van der Waals surface area contributed by atoms with Crippen LogP contribution in [-0.4, -0.2) is 30.7 Å².